The van der Waals surface area contributed by atoms with Crippen molar-refractivity contribution in [2.75, 3.05) is 19.4 Å². The molecule has 2 amide bonds. The van der Waals surface area contributed by atoms with Gasteiger partial charge >= 0.3 is 0 Å². The smallest absolute Gasteiger partial charge is 0.261 e. The Bertz CT molecular complexity index is 978. The number of carbonyl (C=O) groups is 2. The molecule has 1 aromatic heterocycles. The lowest BCUT2D eigenvalue weighted by atomic mass is 10.0. The van der Waals surface area contributed by atoms with Crippen LogP contribution in [-0.4, -0.2) is 45.7 Å². The highest BCUT2D eigenvalue weighted by Crippen LogP contribution is 2.27. The maximum Gasteiger partial charge on any atom is 0.261 e. The average molecular weight is 366 g/mol. The number of anilines is 1. The Kier molecular flexibility index (Phi) is 5.40. The summed E-state index contributed by atoms with van der Waals surface area (Å²) < 4.78 is 1.68. The zero-order chi connectivity index (χ0) is 19.4. The number of carbonyl (C=O) groups excluding carboxylic acids is 2. The number of aryl methyl sites for hydroxylation is 1. The van der Waals surface area contributed by atoms with Gasteiger partial charge in [-0.1, -0.05) is 30.3 Å². The SMILES string of the molecule is CN(C)C(=O)CCCn1ccc(NC(=O)c2c(O)ccc3ccccc23)n1. The molecule has 0 saturated carbocycles. The van der Waals surface area contributed by atoms with Crippen LogP contribution in [0.5, 0.6) is 5.75 Å². The molecular weight excluding hydrogens is 344 g/mol. The highest BCUT2D eigenvalue weighted by molar-refractivity contribution is 6.14. The van der Waals surface area contributed by atoms with Crippen LogP contribution in [0.1, 0.15) is 23.2 Å². The number of phenolic OH excluding ortho intramolecular Hbond substituents is 1. The summed E-state index contributed by atoms with van der Waals surface area (Å²) >= 11 is 0. The van der Waals surface area contributed by atoms with Crippen LogP contribution in [0.3, 0.4) is 0 Å². The molecular formula is C20H22N4O3. The summed E-state index contributed by atoms with van der Waals surface area (Å²) in [5, 5.41) is 18.7. The summed E-state index contributed by atoms with van der Waals surface area (Å²) in [5.74, 6) is -0.0291. The minimum Gasteiger partial charge on any atom is -0.507 e. The fourth-order valence-electron chi connectivity index (χ4n) is 2.85. The number of aromatic hydroxyl groups is 1. The van der Waals surface area contributed by atoms with E-state index in [0.717, 1.165) is 5.39 Å². The predicted molar refractivity (Wildman–Crippen MR) is 104 cm³/mol. The summed E-state index contributed by atoms with van der Waals surface area (Å²) in [6.07, 6.45) is 2.85. The Morgan fingerprint density at radius 3 is 2.70 bits per heavy atom. The Balaban J connectivity index is 1.68. The topological polar surface area (TPSA) is 87.5 Å². The summed E-state index contributed by atoms with van der Waals surface area (Å²) in [4.78, 5) is 25.8. The maximum absolute atomic E-state index is 12.7. The lowest BCUT2D eigenvalue weighted by molar-refractivity contribution is -0.128. The van der Waals surface area contributed by atoms with Gasteiger partial charge in [0.25, 0.3) is 5.91 Å². The third-order valence-corrected chi connectivity index (χ3v) is 4.29. The molecule has 0 aliphatic carbocycles. The molecule has 3 rings (SSSR count). The van der Waals surface area contributed by atoms with Crippen molar-refractivity contribution >= 4 is 28.4 Å². The molecule has 0 spiro atoms. The summed E-state index contributed by atoms with van der Waals surface area (Å²) in [5.41, 5.74) is 0.222. The molecule has 7 heteroatoms. The first-order valence-corrected chi connectivity index (χ1v) is 8.71. The second kappa shape index (κ2) is 7.90. The summed E-state index contributed by atoms with van der Waals surface area (Å²) in [6.45, 7) is 0.578. The molecule has 140 valence electrons. The van der Waals surface area contributed by atoms with Crippen LogP contribution < -0.4 is 5.32 Å². The van der Waals surface area contributed by atoms with Crippen molar-refractivity contribution in [1.82, 2.24) is 14.7 Å². The number of nitrogens with one attached hydrogen (secondary N) is 1. The molecule has 0 unspecified atom stereocenters. The van der Waals surface area contributed by atoms with E-state index in [2.05, 4.69) is 10.4 Å². The van der Waals surface area contributed by atoms with E-state index in [0.29, 0.717) is 30.6 Å². The van der Waals surface area contributed by atoms with Crippen LogP contribution in [0.25, 0.3) is 10.8 Å². The molecule has 3 aromatic rings. The van der Waals surface area contributed by atoms with Gasteiger partial charge in [-0.05, 0) is 23.3 Å². The first kappa shape index (κ1) is 18.4. The Morgan fingerprint density at radius 1 is 1.15 bits per heavy atom. The number of rotatable bonds is 6. The maximum atomic E-state index is 12.7. The van der Waals surface area contributed by atoms with Crippen molar-refractivity contribution in [3.8, 4) is 5.75 Å². The number of phenols is 1. The van der Waals surface area contributed by atoms with Crippen molar-refractivity contribution in [2.45, 2.75) is 19.4 Å². The monoisotopic (exact) mass is 366 g/mol. The van der Waals surface area contributed by atoms with E-state index in [1.54, 1.807) is 48.1 Å². The van der Waals surface area contributed by atoms with Crippen LogP contribution in [-0.2, 0) is 11.3 Å². The van der Waals surface area contributed by atoms with Crippen LogP contribution >= 0.6 is 0 Å². The molecule has 7 nitrogen and oxygen atoms in total. The molecule has 0 aliphatic heterocycles. The number of amides is 2. The molecule has 2 N–H and O–H groups in total. The molecule has 0 saturated heterocycles. The highest BCUT2D eigenvalue weighted by atomic mass is 16.3. The molecule has 0 fully saturated rings. The van der Waals surface area contributed by atoms with E-state index in [1.807, 2.05) is 18.2 Å². The van der Waals surface area contributed by atoms with Gasteiger partial charge in [-0.25, -0.2) is 0 Å². The second-order valence-corrected chi connectivity index (χ2v) is 6.49. The second-order valence-electron chi connectivity index (χ2n) is 6.49. The van der Waals surface area contributed by atoms with Crippen LogP contribution in [0.4, 0.5) is 5.82 Å². The molecule has 0 atom stereocenters. The van der Waals surface area contributed by atoms with Crippen molar-refractivity contribution < 1.29 is 14.7 Å². The van der Waals surface area contributed by atoms with Gasteiger partial charge in [0.15, 0.2) is 5.82 Å². The van der Waals surface area contributed by atoms with E-state index in [1.165, 1.54) is 6.07 Å². The molecule has 27 heavy (non-hydrogen) atoms. The number of hydrogen-bond acceptors (Lipinski definition) is 4. The lowest BCUT2D eigenvalue weighted by Gasteiger charge is -2.10. The van der Waals surface area contributed by atoms with E-state index in [4.69, 9.17) is 0 Å². The van der Waals surface area contributed by atoms with Crippen LogP contribution in [0.15, 0.2) is 48.7 Å². The average Bonchev–Trinajstić information content (AvgIpc) is 3.08. The van der Waals surface area contributed by atoms with Gasteiger partial charge in [-0.15, -0.1) is 0 Å². The van der Waals surface area contributed by atoms with Crippen molar-refractivity contribution in [3.05, 3.63) is 54.2 Å². The zero-order valence-corrected chi connectivity index (χ0v) is 15.3. The van der Waals surface area contributed by atoms with Gasteiger partial charge in [0.05, 0.1) is 5.56 Å². The zero-order valence-electron chi connectivity index (χ0n) is 15.3. The number of fused-ring (bicyclic) bond motifs is 1. The molecule has 0 radical (unpaired) electrons. The number of benzene rings is 2. The standard InChI is InChI=1S/C20H22N4O3/c1-23(2)18(26)8-5-12-24-13-11-17(22-24)21-20(27)19-15-7-4-3-6-14(15)9-10-16(19)25/h3-4,6-7,9-11,13,25H,5,8,12H2,1-2H3,(H,21,22,27). The predicted octanol–water partition coefficient (Wildman–Crippen LogP) is 2.86. The number of aromatic nitrogens is 2. The van der Waals surface area contributed by atoms with Gasteiger partial charge < -0.3 is 15.3 Å². The molecule has 2 aromatic carbocycles. The van der Waals surface area contributed by atoms with E-state index < -0.39 is 5.91 Å². The first-order valence-electron chi connectivity index (χ1n) is 8.71. The fraction of sp³-hybridized carbons (Fsp3) is 0.250. The van der Waals surface area contributed by atoms with Gasteiger partial charge in [-0.2, -0.15) is 5.10 Å². The minimum absolute atomic E-state index is 0.0714. The van der Waals surface area contributed by atoms with Crippen molar-refractivity contribution in [1.29, 1.82) is 0 Å². The van der Waals surface area contributed by atoms with E-state index in [-0.39, 0.29) is 17.2 Å². The lowest BCUT2D eigenvalue weighted by Crippen LogP contribution is -2.21. The summed E-state index contributed by atoms with van der Waals surface area (Å²) in [7, 11) is 3.46. The summed E-state index contributed by atoms with van der Waals surface area (Å²) in [6, 6.07) is 12.3. The first-order chi connectivity index (χ1) is 13.0. The third-order valence-electron chi connectivity index (χ3n) is 4.29. The molecule has 0 aliphatic rings. The molecule has 1 heterocycles. The number of hydrogen-bond donors (Lipinski definition) is 2. The normalized spacial score (nSPS) is 10.7. The molecule has 0 bridgehead atoms. The number of nitrogens with zero attached hydrogens (tertiary/aromatic N) is 3. The van der Waals surface area contributed by atoms with Crippen LogP contribution in [0.2, 0.25) is 0 Å². The van der Waals surface area contributed by atoms with Crippen molar-refractivity contribution in [2.24, 2.45) is 0 Å². The highest BCUT2D eigenvalue weighted by Gasteiger charge is 2.16. The Hall–Kier alpha value is -3.35. The van der Waals surface area contributed by atoms with E-state index in [9.17, 15) is 14.7 Å². The van der Waals surface area contributed by atoms with Gasteiger partial charge in [0.1, 0.15) is 5.75 Å². The van der Waals surface area contributed by atoms with Crippen LogP contribution in [0, 0.1) is 0 Å². The Morgan fingerprint density at radius 2 is 1.93 bits per heavy atom. The van der Waals surface area contributed by atoms with Gasteiger partial charge in [-0.3, -0.25) is 14.3 Å². The Labute approximate surface area is 157 Å². The van der Waals surface area contributed by atoms with Gasteiger partial charge in [0.2, 0.25) is 5.91 Å². The largest absolute Gasteiger partial charge is 0.507 e. The van der Waals surface area contributed by atoms with Gasteiger partial charge in [0, 0.05) is 39.3 Å². The van der Waals surface area contributed by atoms with Crippen molar-refractivity contribution in [3.63, 3.8) is 0 Å². The quantitative estimate of drug-likeness (QED) is 0.702. The third kappa shape index (κ3) is 4.25. The fourth-order valence-corrected chi connectivity index (χ4v) is 2.85. The minimum atomic E-state index is -0.419. The van der Waals surface area contributed by atoms with E-state index >= 15 is 0 Å².